The predicted octanol–water partition coefficient (Wildman–Crippen LogP) is 5.63. The first-order valence-corrected chi connectivity index (χ1v) is 10.5. The zero-order valence-electron chi connectivity index (χ0n) is 18.1. The number of aryl methyl sites for hydroxylation is 2. The van der Waals surface area contributed by atoms with Gasteiger partial charge in [0.1, 0.15) is 12.2 Å². The van der Waals surface area contributed by atoms with E-state index in [1.165, 1.54) is 11.1 Å². The standard InChI is InChI=1S/C25H32O4/c1-6-19-9-13-21(14-10-19)24(26)28-17(4)23(8-3)18(5)29-25(27)22-15-11-20(7-2)12-16-22/h9-18,23H,6-8H2,1-5H3. The maximum atomic E-state index is 12.5. The predicted molar refractivity (Wildman–Crippen MR) is 115 cm³/mol. The molecule has 0 aliphatic heterocycles. The van der Waals surface area contributed by atoms with Crippen molar-refractivity contribution in [3.8, 4) is 0 Å². The monoisotopic (exact) mass is 396 g/mol. The van der Waals surface area contributed by atoms with Crippen LogP contribution in [0.5, 0.6) is 0 Å². The second kappa shape index (κ2) is 10.8. The van der Waals surface area contributed by atoms with E-state index in [9.17, 15) is 9.59 Å². The molecule has 0 saturated carbocycles. The molecule has 4 nitrogen and oxygen atoms in total. The van der Waals surface area contributed by atoms with Gasteiger partial charge in [-0.15, -0.1) is 0 Å². The normalized spacial score (nSPS) is 14.0. The lowest BCUT2D eigenvalue weighted by molar-refractivity contribution is -0.0232. The molecule has 4 heteroatoms. The molecule has 2 aromatic rings. The summed E-state index contributed by atoms with van der Waals surface area (Å²) >= 11 is 0. The van der Waals surface area contributed by atoms with E-state index in [0.717, 1.165) is 19.3 Å². The summed E-state index contributed by atoms with van der Waals surface area (Å²) in [6, 6.07) is 14.9. The van der Waals surface area contributed by atoms with Crippen molar-refractivity contribution in [3.05, 3.63) is 70.8 Å². The van der Waals surface area contributed by atoms with Gasteiger partial charge in [-0.25, -0.2) is 9.59 Å². The highest BCUT2D eigenvalue weighted by molar-refractivity contribution is 5.90. The molecule has 0 amide bonds. The first kappa shape index (κ1) is 22.7. The number of hydrogen-bond donors (Lipinski definition) is 0. The zero-order valence-corrected chi connectivity index (χ0v) is 18.1. The second-order valence-electron chi connectivity index (χ2n) is 7.39. The van der Waals surface area contributed by atoms with Crippen LogP contribution in [-0.4, -0.2) is 24.1 Å². The minimum Gasteiger partial charge on any atom is -0.459 e. The van der Waals surface area contributed by atoms with Crippen LogP contribution in [0.15, 0.2) is 48.5 Å². The lowest BCUT2D eigenvalue weighted by Crippen LogP contribution is -2.34. The van der Waals surface area contributed by atoms with Gasteiger partial charge in [-0.05, 0) is 68.5 Å². The molecular formula is C25H32O4. The summed E-state index contributed by atoms with van der Waals surface area (Å²) < 4.78 is 11.3. The molecule has 0 heterocycles. The fraction of sp³-hybridized carbons (Fsp3) is 0.440. The lowest BCUT2D eigenvalue weighted by Gasteiger charge is -2.28. The molecule has 0 radical (unpaired) electrons. The van der Waals surface area contributed by atoms with Crippen LogP contribution in [0, 0.1) is 5.92 Å². The highest BCUT2D eigenvalue weighted by Crippen LogP contribution is 2.22. The highest BCUT2D eigenvalue weighted by atomic mass is 16.6. The third-order valence-electron chi connectivity index (χ3n) is 5.46. The number of ether oxygens (including phenoxy) is 2. The molecule has 2 atom stereocenters. The van der Waals surface area contributed by atoms with Crippen molar-refractivity contribution in [2.24, 2.45) is 5.92 Å². The summed E-state index contributed by atoms with van der Waals surface area (Å²) in [5.74, 6) is -0.799. The first-order chi connectivity index (χ1) is 13.9. The molecule has 0 N–H and O–H groups in total. The summed E-state index contributed by atoms with van der Waals surface area (Å²) in [6.07, 6.45) is 1.83. The third-order valence-corrected chi connectivity index (χ3v) is 5.46. The topological polar surface area (TPSA) is 52.6 Å². The summed E-state index contributed by atoms with van der Waals surface area (Å²) in [6.45, 7) is 9.86. The van der Waals surface area contributed by atoms with Crippen molar-refractivity contribution >= 4 is 11.9 Å². The Morgan fingerprint density at radius 2 is 1.03 bits per heavy atom. The van der Waals surface area contributed by atoms with E-state index in [-0.39, 0.29) is 30.1 Å². The van der Waals surface area contributed by atoms with Gasteiger partial charge >= 0.3 is 11.9 Å². The number of benzene rings is 2. The van der Waals surface area contributed by atoms with E-state index >= 15 is 0 Å². The molecule has 0 aliphatic carbocycles. The maximum absolute atomic E-state index is 12.5. The van der Waals surface area contributed by atoms with E-state index < -0.39 is 0 Å². The Morgan fingerprint density at radius 3 is 1.31 bits per heavy atom. The van der Waals surface area contributed by atoms with Crippen LogP contribution >= 0.6 is 0 Å². The third kappa shape index (κ3) is 6.18. The molecule has 2 unspecified atom stereocenters. The number of hydrogen-bond acceptors (Lipinski definition) is 4. The van der Waals surface area contributed by atoms with Crippen molar-refractivity contribution in [3.63, 3.8) is 0 Å². The van der Waals surface area contributed by atoms with Gasteiger partial charge in [0, 0.05) is 5.92 Å². The molecule has 0 aromatic heterocycles. The van der Waals surface area contributed by atoms with Crippen LogP contribution in [0.25, 0.3) is 0 Å². The Labute approximate surface area is 174 Å². The highest BCUT2D eigenvalue weighted by Gasteiger charge is 2.28. The number of esters is 2. The molecule has 0 spiro atoms. The Kier molecular flexibility index (Phi) is 8.44. The second-order valence-corrected chi connectivity index (χ2v) is 7.39. The molecule has 0 bridgehead atoms. The minimum absolute atomic E-state index is 0.0901. The molecule has 156 valence electrons. The summed E-state index contributed by atoms with van der Waals surface area (Å²) in [5.41, 5.74) is 3.41. The Bertz CT molecular complexity index is 725. The van der Waals surface area contributed by atoms with Crippen LogP contribution in [0.4, 0.5) is 0 Å². The zero-order chi connectivity index (χ0) is 21.4. The molecule has 0 aliphatic rings. The quantitative estimate of drug-likeness (QED) is 0.516. The minimum atomic E-state index is -0.372. The van der Waals surface area contributed by atoms with Crippen molar-refractivity contribution in [2.45, 2.75) is 66.1 Å². The van der Waals surface area contributed by atoms with E-state index in [2.05, 4.69) is 13.8 Å². The first-order valence-electron chi connectivity index (χ1n) is 10.5. The molecular weight excluding hydrogens is 364 g/mol. The van der Waals surface area contributed by atoms with E-state index in [1.807, 2.05) is 45.0 Å². The van der Waals surface area contributed by atoms with Gasteiger partial charge in [0.2, 0.25) is 0 Å². The van der Waals surface area contributed by atoms with Gasteiger partial charge in [-0.3, -0.25) is 0 Å². The van der Waals surface area contributed by atoms with Gasteiger partial charge in [0.15, 0.2) is 0 Å². The average molecular weight is 397 g/mol. The van der Waals surface area contributed by atoms with Crippen LogP contribution in [-0.2, 0) is 22.3 Å². The molecule has 29 heavy (non-hydrogen) atoms. The van der Waals surface area contributed by atoms with E-state index in [0.29, 0.717) is 11.1 Å². The molecule has 0 fully saturated rings. The Morgan fingerprint density at radius 1 is 0.690 bits per heavy atom. The summed E-state index contributed by atoms with van der Waals surface area (Å²) in [5, 5.41) is 0. The summed E-state index contributed by atoms with van der Waals surface area (Å²) in [7, 11) is 0. The number of carbonyl (C=O) groups excluding carboxylic acids is 2. The van der Waals surface area contributed by atoms with E-state index in [4.69, 9.17) is 9.47 Å². The van der Waals surface area contributed by atoms with Crippen molar-refractivity contribution < 1.29 is 19.1 Å². The maximum Gasteiger partial charge on any atom is 0.338 e. The Hall–Kier alpha value is -2.62. The SMILES string of the molecule is CCc1ccc(C(=O)OC(C)C(CC)C(C)OC(=O)c2ccc(CC)cc2)cc1. The Balaban J connectivity index is 1.98. The fourth-order valence-corrected chi connectivity index (χ4v) is 3.45. The van der Waals surface area contributed by atoms with Crippen molar-refractivity contribution in [2.75, 3.05) is 0 Å². The van der Waals surface area contributed by atoms with Crippen LogP contribution < -0.4 is 0 Å². The lowest BCUT2D eigenvalue weighted by atomic mass is 9.94. The fourth-order valence-electron chi connectivity index (χ4n) is 3.45. The largest absolute Gasteiger partial charge is 0.459 e. The summed E-state index contributed by atoms with van der Waals surface area (Å²) in [4.78, 5) is 24.9. The van der Waals surface area contributed by atoms with Gasteiger partial charge < -0.3 is 9.47 Å². The van der Waals surface area contributed by atoms with Crippen molar-refractivity contribution in [1.29, 1.82) is 0 Å². The van der Waals surface area contributed by atoms with E-state index in [1.54, 1.807) is 24.3 Å². The molecule has 0 saturated heterocycles. The smallest absolute Gasteiger partial charge is 0.338 e. The van der Waals surface area contributed by atoms with Gasteiger partial charge in [-0.1, -0.05) is 45.0 Å². The van der Waals surface area contributed by atoms with Crippen molar-refractivity contribution in [1.82, 2.24) is 0 Å². The van der Waals surface area contributed by atoms with Crippen LogP contribution in [0.3, 0.4) is 0 Å². The number of rotatable bonds is 9. The van der Waals surface area contributed by atoms with Gasteiger partial charge in [0.05, 0.1) is 11.1 Å². The van der Waals surface area contributed by atoms with Gasteiger partial charge in [0.25, 0.3) is 0 Å². The van der Waals surface area contributed by atoms with Crippen LogP contribution in [0.1, 0.15) is 72.9 Å². The molecule has 2 aromatic carbocycles. The van der Waals surface area contributed by atoms with Gasteiger partial charge in [-0.2, -0.15) is 0 Å². The van der Waals surface area contributed by atoms with Crippen LogP contribution in [0.2, 0.25) is 0 Å². The molecule has 2 rings (SSSR count). The average Bonchev–Trinajstić information content (AvgIpc) is 2.74. The number of carbonyl (C=O) groups is 2.